The zero-order chi connectivity index (χ0) is 19.8. The molecule has 148 valence electrons. The molecular weight excluding hydrogens is 350 g/mol. The topological polar surface area (TPSA) is 96.8 Å². The van der Waals surface area contributed by atoms with Gasteiger partial charge in [0.1, 0.15) is 5.60 Å². The summed E-state index contributed by atoms with van der Waals surface area (Å²) in [5.74, 6) is -0.207. The van der Waals surface area contributed by atoms with E-state index in [1.807, 2.05) is 20.8 Å². The zero-order valence-corrected chi connectivity index (χ0v) is 16.3. The van der Waals surface area contributed by atoms with Gasteiger partial charge in [0.05, 0.1) is 18.1 Å². The van der Waals surface area contributed by atoms with Crippen molar-refractivity contribution in [1.82, 2.24) is 19.6 Å². The maximum absolute atomic E-state index is 12.6. The number of piperidine rings is 1. The molecule has 1 aromatic rings. The number of hydrogen-bond donors (Lipinski definition) is 1. The summed E-state index contributed by atoms with van der Waals surface area (Å²) < 4.78 is 6.65. The number of amides is 3. The first-order valence-electron chi connectivity index (χ1n) is 9.16. The first kappa shape index (κ1) is 19.2. The van der Waals surface area contributed by atoms with Crippen LogP contribution in [0.3, 0.4) is 0 Å². The van der Waals surface area contributed by atoms with E-state index in [2.05, 4.69) is 10.4 Å². The third-order valence-electron chi connectivity index (χ3n) is 4.90. The van der Waals surface area contributed by atoms with E-state index in [0.29, 0.717) is 31.9 Å². The SMILES string of the molecule is CC(=O)Nc1cnn(C(=O)N2CCC3(CC2)CN(C(=O)OC(C)(C)C)C3)c1. The van der Waals surface area contributed by atoms with Crippen molar-refractivity contribution in [3.8, 4) is 0 Å². The van der Waals surface area contributed by atoms with Crippen LogP contribution in [0.1, 0.15) is 40.5 Å². The molecule has 1 N–H and O–H groups in total. The van der Waals surface area contributed by atoms with Gasteiger partial charge in [-0.2, -0.15) is 9.78 Å². The number of nitrogens with one attached hydrogen (secondary N) is 1. The Kier molecular flexibility index (Phi) is 4.88. The minimum absolute atomic E-state index is 0.0825. The van der Waals surface area contributed by atoms with Crippen LogP contribution < -0.4 is 5.32 Å². The summed E-state index contributed by atoms with van der Waals surface area (Å²) in [5.41, 5.74) is 0.0885. The first-order chi connectivity index (χ1) is 12.6. The van der Waals surface area contributed by atoms with E-state index in [1.54, 1.807) is 9.80 Å². The zero-order valence-electron chi connectivity index (χ0n) is 16.3. The van der Waals surface area contributed by atoms with Crippen LogP contribution in [0.4, 0.5) is 15.3 Å². The predicted molar refractivity (Wildman–Crippen MR) is 98.4 cm³/mol. The maximum Gasteiger partial charge on any atom is 0.410 e. The highest BCUT2D eigenvalue weighted by Crippen LogP contribution is 2.41. The predicted octanol–water partition coefficient (Wildman–Crippen LogP) is 2.14. The van der Waals surface area contributed by atoms with Gasteiger partial charge in [0.15, 0.2) is 0 Å². The normalized spacial score (nSPS) is 18.8. The Hall–Kier alpha value is -2.58. The molecule has 3 amide bonds. The number of hydrogen-bond acceptors (Lipinski definition) is 5. The quantitative estimate of drug-likeness (QED) is 0.809. The minimum atomic E-state index is -0.491. The fourth-order valence-corrected chi connectivity index (χ4v) is 3.55. The lowest BCUT2D eigenvalue weighted by Gasteiger charge is -2.53. The number of aromatic nitrogens is 2. The number of ether oxygens (including phenoxy) is 1. The lowest BCUT2D eigenvalue weighted by Crippen LogP contribution is -2.63. The highest BCUT2D eigenvalue weighted by molar-refractivity contribution is 5.89. The molecule has 2 aliphatic rings. The monoisotopic (exact) mass is 377 g/mol. The van der Waals surface area contributed by atoms with Crippen molar-refractivity contribution in [2.24, 2.45) is 5.41 Å². The van der Waals surface area contributed by atoms with Crippen molar-refractivity contribution < 1.29 is 19.1 Å². The largest absolute Gasteiger partial charge is 0.444 e. The van der Waals surface area contributed by atoms with E-state index >= 15 is 0 Å². The number of likely N-dealkylation sites (tertiary alicyclic amines) is 2. The molecule has 0 saturated carbocycles. The Bertz CT molecular complexity index is 735. The van der Waals surface area contributed by atoms with Gasteiger partial charge in [0.25, 0.3) is 0 Å². The van der Waals surface area contributed by atoms with E-state index < -0.39 is 5.60 Å². The molecule has 1 aromatic heterocycles. The van der Waals surface area contributed by atoms with Crippen molar-refractivity contribution in [3.05, 3.63) is 12.4 Å². The Morgan fingerprint density at radius 1 is 1.15 bits per heavy atom. The fourth-order valence-electron chi connectivity index (χ4n) is 3.55. The van der Waals surface area contributed by atoms with Crippen molar-refractivity contribution in [3.63, 3.8) is 0 Å². The average Bonchev–Trinajstić information content (AvgIpc) is 2.98. The average molecular weight is 377 g/mol. The van der Waals surface area contributed by atoms with Gasteiger partial charge in [-0.15, -0.1) is 0 Å². The van der Waals surface area contributed by atoms with Crippen LogP contribution in [0, 0.1) is 5.41 Å². The van der Waals surface area contributed by atoms with Gasteiger partial charge in [-0.3, -0.25) is 4.79 Å². The van der Waals surface area contributed by atoms with E-state index in [9.17, 15) is 14.4 Å². The Morgan fingerprint density at radius 2 is 1.78 bits per heavy atom. The van der Waals surface area contributed by atoms with Gasteiger partial charge < -0.3 is 19.9 Å². The first-order valence-corrected chi connectivity index (χ1v) is 9.16. The molecule has 0 radical (unpaired) electrons. The van der Waals surface area contributed by atoms with Crippen LogP contribution in [0.5, 0.6) is 0 Å². The van der Waals surface area contributed by atoms with Crippen LogP contribution in [0.15, 0.2) is 12.4 Å². The molecule has 9 heteroatoms. The lowest BCUT2D eigenvalue weighted by molar-refractivity contribution is -0.114. The summed E-state index contributed by atoms with van der Waals surface area (Å²) in [6.07, 6.45) is 4.39. The van der Waals surface area contributed by atoms with Crippen LogP contribution in [-0.4, -0.2) is 69.4 Å². The molecule has 3 rings (SSSR count). The Labute approximate surface area is 158 Å². The summed E-state index contributed by atoms with van der Waals surface area (Å²) in [7, 11) is 0. The lowest BCUT2D eigenvalue weighted by atomic mass is 9.72. The molecule has 9 nitrogen and oxygen atoms in total. The number of carbonyl (C=O) groups excluding carboxylic acids is 3. The second kappa shape index (κ2) is 6.86. The van der Waals surface area contributed by atoms with E-state index in [1.165, 1.54) is 24.0 Å². The Balaban J connectivity index is 1.50. The fraction of sp³-hybridized carbons (Fsp3) is 0.667. The van der Waals surface area contributed by atoms with Gasteiger partial charge >= 0.3 is 12.1 Å². The van der Waals surface area contributed by atoms with Crippen LogP contribution in [-0.2, 0) is 9.53 Å². The smallest absolute Gasteiger partial charge is 0.410 e. The highest BCUT2D eigenvalue weighted by atomic mass is 16.6. The third kappa shape index (κ3) is 4.40. The van der Waals surface area contributed by atoms with Crippen LogP contribution in [0.25, 0.3) is 0 Å². The second-order valence-corrected chi connectivity index (χ2v) is 8.46. The van der Waals surface area contributed by atoms with Gasteiger partial charge in [0, 0.05) is 38.5 Å². The molecular formula is C18H27N5O4. The molecule has 0 aliphatic carbocycles. The molecule has 27 heavy (non-hydrogen) atoms. The van der Waals surface area contributed by atoms with Gasteiger partial charge in [0.2, 0.25) is 5.91 Å². The van der Waals surface area contributed by atoms with Gasteiger partial charge in [-0.1, -0.05) is 0 Å². The third-order valence-corrected chi connectivity index (χ3v) is 4.90. The van der Waals surface area contributed by atoms with Crippen molar-refractivity contribution >= 4 is 23.7 Å². The summed E-state index contributed by atoms with van der Waals surface area (Å²) in [6.45, 7) is 9.58. The summed E-state index contributed by atoms with van der Waals surface area (Å²) >= 11 is 0. The second-order valence-electron chi connectivity index (χ2n) is 8.46. The number of carbonyl (C=O) groups is 3. The standard InChI is InChI=1S/C18H27N5O4/c1-13(24)20-14-9-19-23(10-14)15(25)21-7-5-18(6-8-21)11-22(12-18)16(26)27-17(2,3)4/h9-10H,5-8,11-12H2,1-4H3,(H,20,24). The molecule has 1 spiro atoms. The van der Waals surface area contributed by atoms with Crippen molar-refractivity contribution in [2.45, 2.75) is 46.1 Å². The molecule has 0 unspecified atom stereocenters. The van der Waals surface area contributed by atoms with Gasteiger partial charge in [-0.05, 0) is 33.6 Å². The highest BCUT2D eigenvalue weighted by Gasteiger charge is 2.48. The van der Waals surface area contributed by atoms with E-state index in [-0.39, 0.29) is 23.4 Å². The molecule has 2 aliphatic heterocycles. The van der Waals surface area contributed by atoms with E-state index in [4.69, 9.17) is 4.74 Å². The summed E-state index contributed by atoms with van der Waals surface area (Å²) in [4.78, 5) is 39.2. The van der Waals surface area contributed by atoms with Crippen molar-refractivity contribution in [2.75, 3.05) is 31.5 Å². The van der Waals surface area contributed by atoms with Crippen LogP contribution >= 0.6 is 0 Å². The number of anilines is 1. The number of nitrogens with zero attached hydrogens (tertiary/aromatic N) is 4. The summed E-state index contributed by atoms with van der Waals surface area (Å²) in [6, 6.07) is -0.204. The minimum Gasteiger partial charge on any atom is -0.444 e. The maximum atomic E-state index is 12.6. The van der Waals surface area contributed by atoms with Crippen LogP contribution in [0.2, 0.25) is 0 Å². The van der Waals surface area contributed by atoms with Gasteiger partial charge in [-0.25, -0.2) is 9.59 Å². The molecule has 2 fully saturated rings. The molecule has 2 saturated heterocycles. The number of rotatable bonds is 1. The van der Waals surface area contributed by atoms with E-state index in [0.717, 1.165) is 12.8 Å². The molecule has 3 heterocycles. The molecule has 0 aromatic carbocycles. The summed E-state index contributed by atoms with van der Waals surface area (Å²) in [5, 5.41) is 6.63. The Morgan fingerprint density at radius 3 is 2.33 bits per heavy atom. The molecule has 0 bridgehead atoms. The van der Waals surface area contributed by atoms with Crippen molar-refractivity contribution in [1.29, 1.82) is 0 Å². The molecule has 0 atom stereocenters.